The molecule has 17 heavy (non-hydrogen) atoms. The number of nitrogens with one attached hydrogen (secondary N) is 1. The van der Waals surface area contributed by atoms with Crippen LogP contribution in [0.15, 0.2) is 12.7 Å². The van der Waals surface area contributed by atoms with Gasteiger partial charge in [-0.1, -0.05) is 13.0 Å². The molecule has 0 aliphatic heterocycles. The van der Waals surface area contributed by atoms with Gasteiger partial charge in [0.25, 0.3) is 0 Å². The largest absolute Gasteiger partial charge is 0.481 e. The van der Waals surface area contributed by atoms with Crippen LogP contribution in [0, 0.1) is 0 Å². The Labute approximate surface area is 101 Å². The van der Waals surface area contributed by atoms with Crippen LogP contribution in [0.3, 0.4) is 0 Å². The Kier molecular flexibility index (Phi) is 7.79. The molecule has 0 aliphatic carbocycles. The fourth-order valence-corrected chi connectivity index (χ4v) is 1.33. The number of aliphatic hydroxyl groups excluding tert-OH is 1. The minimum absolute atomic E-state index is 0.108. The minimum Gasteiger partial charge on any atom is -0.481 e. The molecule has 0 aliphatic rings. The number of hydrogen-bond acceptors (Lipinski definition) is 3. The van der Waals surface area contributed by atoms with Crippen LogP contribution < -0.4 is 5.32 Å². The molecule has 0 aromatic rings. The van der Waals surface area contributed by atoms with Crippen molar-refractivity contribution in [2.24, 2.45) is 0 Å². The Morgan fingerprint density at radius 3 is 2.59 bits per heavy atom. The van der Waals surface area contributed by atoms with Crippen LogP contribution >= 0.6 is 0 Å². The van der Waals surface area contributed by atoms with Crippen LogP contribution in [0.4, 0.5) is 4.79 Å². The first kappa shape index (κ1) is 15.4. The third-order valence-electron chi connectivity index (χ3n) is 2.25. The number of carboxylic acids is 1. The molecule has 0 radical (unpaired) electrons. The topological polar surface area (TPSA) is 89.9 Å². The SMILES string of the molecule is C=CCN(CCO)C(=O)NC(CC)CC(=O)O. The first-order valence-corrected chi connectivity index (χ1v) is 5.54. The van der Waals surface area contributed by atoms with Crippen LogP contribution in [0.5, 0.6) is 0 Å². The van der Waals surface area contributed by atoms with Gasteiger partial charge in [-0.05, 0) is 6.42 Å². The van der Waals surface area contributed by atoms with E-state index in [1.54, 1.807) is 13.0 Å². The van der Waals surface area contributed by atoms with E-state index in [4.69, 9.17) is 10.2 Å². The van der Waals surface area contributed by atoms with E-state index in [0.717, 1.165) is 0 Å². The van der Waals surface area contributed by atoms with E-state index in [9.17, 15) is 9.59 Å². The molecule has 0 fully saturated rings. The Hall–Kier alpha value is -1.56. The molecule has 1 unspecified atom stereocenters. The number of aliphatic hydroxyl groups is 1. The summed E-state index contributed by atoms with van der Waals surface area (Å²) in [5.41, 5.74) is 0. The molecule has 0 aromatic heterocycles. The molecule has 3 N–H and O–H groups in total. The van der Waals surface area contributed by atoms with Gasteiger partial charge in [0.05, 0.1) is 13.0 Å². The smallest absolute Gasteiger partial charge is 0.317 e. The summed E-state index contributed by atoms with van der Waals surface area (Å²) in [5.74, 6) is -0.949. The highest BCUT2D eigenvalue weighted by atomic mass is 16.4. The third kappa shape index (κ3) is 6.57. The monoisotopic (exact) mass is 244 g/mol. The molecule has 0 saturated carbocycles. The van der Waals surface area contributed by atoms with Crippen LogP contribution in [0.2, 0.25) is 0 Å². The van der Waals surface area contributed by atoms with Crippen LogP contribution in [0.25, 0.3) is 0 Å². The molecule has 0 heterocycles. The Balaban J connectivity index is 4.33. The lowest BCUT2D eigenvalue weighted by atomic mass is 10.1. The number of carbonyl (C=O) groups is 2. The van der Waals surface area contributed by atoms with Gasteiger partial charge in [0.2, 0.25) is 0 Å². The molecule has 0 aromatic carbocycles. The molecule has 6 nitrogen and oxygen atoms in total. The predicted octanol–water partition coefficient (Wildman–Crippen LogP) is 0.430. The summed E-state index contributed by atoms with van der Waals surface area (Å²) in [6.45, 7) is 5.69. The van der Waals surface area contributed by atoms with Crippen molar-refractivity contribution < 1.29 is 19.8 Å². The lowest BCUT2D eigenvalue weighted by Crippen LogP contribution is -2.46. The second-order valence-corrected chi connectivity index (χ2v) is 3.61. The van der Waals surface area contributed by atoms with Crippen LogP contribution in [-0.4, -0.2) is 52.9 Å². The first-order valence-electron chi connectivity index (χ1n) is 5.54. The van der Waals surface area contributed by atoms with Crippen molar-refractivity contribution in [1.29, 1.82) is 0 Å². The number of rotatable bonds is 8. The number of carbonyl (C=O) groups excluding carboxylic acids is 1. The Morgan fingerprint density at radius 1 is 1.53 bits per heavy atom. The van der Waals surface area contributed by atoms with E-state index in [0.29, 0.717) is 13.0 Å². The molecule has 0 rings (SSSR count). The standard InChI is InChI=1S/C11H20N2O4/c1-3-5-13(6-7-14)11(17)12-9(4-2)8-10(15)16/h3,9,14H,1,4-8H2,2H3,(H,12,17)(H,15,16). The molecule has 2 amide bonds. The summed E-state index contributed by atoms with van der Waals surface area (Å²) < 4.78 is 0. The molecule has 0 spiro atoms. The Morgan fingerprint density at radius 2 is 2.18 bits per heavy atom. The average Bonchev–Trinajstić information content (AvgIpc) is 2.27. The number of carboxylic acid groups (broad SMARTS) is 1. The third-order valence-corrected chi connectivity index (χ3v) is 2.25. The van der Waals surface area contributed by atoms with Gasteiger partial charge >= 0.3 is 12.0 Å². The van der Waals surface area contributed by atoms with Crippen molar-refractivity contribution in [2.45, 2.75) is 25.8 Å². The van der Waals surface area contributed by atoms with Gasteiger partial charge in [-0.3, -0.25) is 4.79 Å². The normalized spacial score (nSPS) is 11.6. The van der Waals surface area contributed by atoms with Gasteiger partial charge < -0.3 is 20.4 Å². The lowest BCUT2D eigenvalue weighted by Gasteiger charge is -2.23. The highest BCUT2D eigenvalue weighted by molar-refractivity contribution is 5.76. The van der Waals surface area contributed by atoms with Gasteiger partial charge in [0, 0.05) is 19.1 Å². The maximum Gasteiger partial charge on any atom is 0.317 e. The van der Waals surface area contributed by atoms with E-state index in [1.807, 2.05) is 0 Å². The molecular weight excluding hydrogens is 224 g/mol. The van der Waals surface area contributed by atoms with Crippen molar-refractivity contribution in [2.75, 3.05) is 19.7 Å². The number of urea groups is 1. The van der Waals surface area contributed by atoms with Crippen molar-refractivity contribution in [3.05, 3.63) is 12.7 Å². The number of aliphatic carboxylic acids is 1. The highest BCUT2D eigenvalue weighted by Gasteiger charge is 2.17. The lowest BCUT2D eigenvalue weighted by molar-refractivity contribution is -0.137. The minimum atomic E-state index is -0.949. The van der Waals surface area contributed by atoms with Gasteiger partial charge in [-0.15, -0.1) is 6.58 Å². The van der Waals surface area contributed by atoms with Crippen LogP contribution in [-0.2, 0) is 4.79 Å². The van der Waals surface area contributed by atoms with Crippen molar-refractivity contribution in [1.82, 2.24) is 10.2 Å². The summed E-state index contributed by atoms with van der Waals surface area (Å²) in [5, 5.41) is 20.1. The second kappa shape index (κ2) is 8.58. The summed E-state index contributed by atoms with van der Waals surface area (Å²) in [6, 6.07) is -0.780. The van der Waals surface area contributed by atoms with Crippen molar-refractivity contribution in [3.63, 3.8) is 0 Å². The molecule has 98 valence electrons. The summed E-state index contributed by atoms with van der Waals surface area (Å²) in [6.07, 6.45) is 1.98. The van der Waals surface area contributed by atoms with E-state index >= 15 is 0 Å². The predicted molar refractivity (Wildman–Crippen MR) is 63.7 cm³/mol. The number of hydrogen-bond donors (Lipinski definition) is 3. The molecular formula is C11H20N2O4. The van der Waals surface area contributed by atoms with E-state index in [2.05, 4.69) is 11.9 Å². The quantitative estimate of drug-likeness (QED) is 0.540. The summed E-state index contributed by atoms with van der Waals surface area (Å²) in [7, 11) is 0. The fraction of sp³-hybridized carbons (Fsp3) is 0.636. The van der Waals surface area contributed by atoms with Crippen molar-refractivity contribution >= 4 is 12.0 Å². The average molecular weight is 244 g/mol. The van der Waals surface area contributed by atoms with Gasteiger partial charge in [0.15, 0.2) is 0 Å². The highest BCUT2D eigenvalue weighted by Crippen LogP contribution is 2.00. The summed E-state index contributed by atoms with van der Waals surface area (Å²) in [4.78, 5) is 23.7. The molecule has 0 bridgehead atoms. The Bertz CT molecular complexity index is 268. The zero-order valence-electron chi connectivity index (χ0n) is 10.1. The van der Waals surface area contributed by atoms with Gasteiger partial charge in [-0.2, -0.15) is 0 Å². The zero-order valence-corrected chi connectivity index (χ0v) is 10.1. The summed E-state index contributed by atoms with van der Waals surface area (Å²) >= 11 is 0. The number of nitrogens with zero attached hydrogens (tertiary/aromatic N) is 1. The number of amides is 2. The van der Waals surface area contributed by atoms with E-state index in [-0.39, 0.29) is 25.6 Å². The van der Waals surface area contributed by atoms with E-state index < -0.39 is 12.0 Å². The van der Waals surface area contributed by atoms with Gasteiger partial charge in [0.1, 0.15) is 0 Å². The van der Waals surface area contributed by atoms with E-state index in [1.165, 1.54) is 4.90 Å². The molecule has 1 atom stereocenters. The maximum atomic E-state index is 11.7. The first-order chi connectivity index (χ1) is 8.04. The fourth-order valence-electron chi connectivity index (χ4n) is 1.33. The molecule has 0 saturated heterocycles. The van der Waals surface area contributed by atoms with Crippen molar-refractivity contribution in [3.8, 4) is 0 Å². The van der Waals surface area contributed by atoms with Gasteiger partial charge in [-0.25, -0.2) is 4.79 Å². The van der Waals surface area contributed by atoms with Crippen LogP contribution in [0.1, 0.15) is 19.8 Å². The molecule has 6 heteroatoms. The zero-order chi connectivity index (χ0) is 13.3. The maximum absolute atomic E-state index is 11.7. The second-order valence-electron chi connectivity index (χ2n) is 3.61.